The number of aromatic nitrogens is 2. The summed E-state index contributed by atoms with van der Waals surface area (Å²) in [5.74, 6) is -2.67. The number of nitrogens with zero attached hydrogens (tertiary/aromatic N) is 2. The lowest BCUT2D eigenvalue weighted by molar-refractivity contribution is -0.165. The molecule has 0 aromatic carbocycles. The number of hydrogen-bond donors (Lipinski definition) is 3. The van der Waals surface area contributed by atoms with Gasteiger partial charge < -0.3 is 24.7 Å². The van der Waals surface area contributed by atoms with Crippen LogP contribution < -0.4 is 16.9 Å². The average Bonchev–Trinajstić information content (AvgIpc) is 3.04. The third kappa shape index (κ3) is 4.90. The van der Waals surface area contributed by atoms with E-state index in [1.165, 1.54) is 12.3 Å². The lowest BCUT2D eigenvalue weighted by Gasteiger charge is -2.25. The van der Waals surface area contributed by atoms with Gasteiger partial charge in [0.15, 0.2) is 24.3 Å². The summed E-state index contributed by atoms with van der Waals surface area (Å²) in [7, 11) is 0. The normalized spacial score (nSPS) is 27.4. The predicted molar refractivity (Wildman–Crippen MR) is 100 cm³/mol. The summed E-state index contributed by atoms with van der Waals surface area (Å²) in [6.45, 7) is 3.12. The standard InChI is InChI=1S/C18H22N4O9/c1-8(2)13(19)17(25)28-7-9-14-15(31-12(24)4-3-11(23)30-14)16(29-9)22-6-5-10(21-27)20-18(22)26/h3-6,8-9,13-16,27H,7,19H2,1-2H3,(H,20,21,26)/b4-3-/t9-,13+,14-,15-,16-/m1/s1. The minimum absolute atomic E-state index is 0.118. The summed E-state index contributed by atoms with van der Waals surface area (Å²) in [5, 5.41) is 8.90. The molecule has 4 N–H and O–H groups in total. The summed E-state index contributed by atoms with van der Waals surface area (Å²) in [5.41, 5.74) is 6.66. The minimum atomic E-state index is -1.25. The second-order valence-electron chi connectivity index (χ2n) is 7.22. The Bertz CT molecular complexity index is 944. The number of anilines is 1. The lowest BCUT2D eigenvalue weighted by atomic mass is 10.1. The van der Waals surface area contributed by atoms with E-state index in [0.29, 0.717) is 0 Å². The van der Waals surface area contributed by atoms with Crippen molar-refractivity contribution in [3.8, 4) is 0 Å². The first kappa shape index (κ1) is 22.4. The molecule has 2 aliphatic heterocycles. The van der Waals surface area contributed by atoms with Gasteiger partial charge in [-0.1, -0.05) is 13.8 Å². The maximum absolute atomic E-state index is 12.4. The Hall–Kier alpha value is -3.29. The molecule has 1 fully saturated rings. The van der Waals surface area contributed by atoms with E-state index in [0.717, 1.165) is 16.7 Å². The van der Waals surface area contributed by atoms with Gasteiger partial charge in [0.2, 0.25) is 0 Å². The Morgan fingerprint density at radius 3 is 2.48 bits per heavy atom. The molecule has 31 heavy (non-hydrogen) atoms. The molecule has 0 aliphatic carbocycles. The Balaban J connectivity index is 1.89. The molecule has 2 aliphatic rings. The fourth-order valence-electron chi connectivity index (χ4n) is 3.02. The molecule has 1 aromatic heterocycles. The van der Waals surface area contributed by atoms with Crippen molar-refractivity contribution in [3.63, 3.8) is 0 Å². The molecule has 0 bridgehead atoms. The number of esters is 3. The number of ether oxygens (including phenoxy) is 4. The largest absolute Gasteiger partial charge is 0.462 e. The molecular formula is C18H22N4O9. The second-order valence-corrected chi connectivity index (χ2v) is 7.22. The zero-order valence-corrected chi connectivity index (χ0v) is 16.7. The summed E-state index contributed by atoms with van der Waals surface area (Å²) in [6.07, 6.45) is -1.73. The van der Waals surface area contributed by atoms with E-state index in [-0.39, 0.29) is 18.3 Å². The molecule has 0 amide bonds. The number of nitrogens with one attached hydrogen (secondary N) is 1. The molecule has 1 saturated heterocycles. The van der Waals surface area contributed by atoms with E-state index < -0.39 is 54.2 Å². The van der Waals surface area contributed by atoms with Crippen LogP contribution in [-0.2, 0) is 33.3 Å². The SMILES string of the molecule is CC(C)[C@H](N)C(=O)OC[C@H]1O[C@@H](n2ccc(NO)nc2=O)[C@@H]2OC(=O)/C=C\C(=O)O[C@@H]21. The Morgan fingerprint density at radius 1 is 1.26 bits per heavy atom. The quantitative estimate of drug-likeness (QED) is 0.276. The van der Waals surface area contributed by atoms with Crippen molar-refractivity contribution in [2.24, 2.45) is 11.7 Å². The third-order valence-electron chi connectivity index (χ3n) is 4.74. The van der Waals surface area contributed by atoms with E-state index in [4.69, 9.17) is 29.9 Å². The molecule has 0 saturated carbocycles. The van der Waals surface area contributed by atoms with Crippen LogP contribution in [0.25, 0.3) is 0 Å². The molecule has 13 heteroatoms. The van der Waals surface area contributed by atoms with Crippen LogP contribution in [0.2, 0.25) is 0 Å². The average molecular weight is 438 g/mol. The van der Waals surface area contributed by atoms with Gasteiger partial charge in [0, 0.05) is 18.3 Å². The molecule has 168 valence electrons. The molecule has 0 spiro atoms. The van der Waals surface area contributed by atoms with Gasteiger partial charge in [-0.05, 0) is 12.0 Å². The monoisotopic (exact) mass is 438 g/mol. The van der Waals surface area contributed by atoms with Gasteiger partial charge in [-0.25, -0.2) is 14.4 Å². The van der Waals surface area contributed by atoms with Crippen molar-refractivity contribution in [1.82, 2.24) is 9.55 Å². The maximum Gasteiger partial charge on any atom is 0.351 e. The fraction of sp³-hybridized carbons (Fsp3) is 0.500. The van der Waals surface area contributed by atoms with Crippen LogP contribution in [0, 0.1) is 5.92 Å². The molecule has 3 rings (SSSR count). The molecule has 0 radical (unpaired) electrons. The predicted octanol–water partition coefficient (Wildman–Crippen LogP) is -1.14. The first-order valence-electron chi connectivity index (χ1n) is 9.37. The first-order valence-corrected chi connectivity index (χ1v) is 9.37. The van der Waals surface area contributed by atoms with Crippen molar-refractivity contribution in [2.45, 2.75) is 44.4 Å². The van der Waals surface area contributed by atoms with Crippen molar-refractivity contribution in [1.29, 1.82) is 0 Å². The molecule has 0 unspecified atom stereocenters. The van der Waals surface area contributed by atoms with E-state index in [1.807, 2.05) is 0 Å². The summed E-state index contributed by atoms with van der Waals surface area (Å²) < 4.78 is 22.6. The highest BCUT2D eigenvalue weighted by molar-refractivity contribution is 5.92. The molecule has 3 heterocycles. The zero-order chi connectivity index (χ0) is 22.7. The zero-order valence-electron chi connectivity index (χ0n) is 16.7. The fourth-order valence-corrected chi connectivity index (χ4v) is 3.02. The third-order valence-corrected chi connectivity index (χ3v) is 4.74. The van der Waals surface area contributed by atoms with Gasteiger partial charge in [0.05, 0.1) is 0 Å². The van der Waals surface area contributed by atoms with E-state index in [2.05, 4.69) is 4.98 Å². The van der Waals surface area contributed by atoms with E-state index in [9.17, 15) is 19.2 Å². The molecule has 1 aromatic rings. The van der Waals surface area contributed by atoms with Crippen LogP contribution in [-0.4, -0.2) is 63.6 Å². The van der Waals surface area contributed by atoms with Crippen LogP contribution in [0.15, 0.2) is 29.2 Å². The highest BCUT2D eigenvalue weighted by atomic mass is 16.7. The Kier molecular flexibility index (Phi) is 6.68. The Morgan fingerprint density at radius 2 is 1.90 bits per heavy atom. The van der Waals surface area contributed by atoms with Crippen LogP contribution in [0.4, 0.5) is 5.82 Å². The van der Waals surface area contributed by atoms with E-state index in [1.54, 1.807) is 19.3 Å². The highest BCUT2D eigenvalue weighted by Crippen LogP contribution is 2.34. The molecule has 5 atom stereocenters. The van der Waals surface area contributed by atoms with Gasteiger partial charge in [0.25, 0.3) is 0 Å². The molecular weight excluding hydrogens is 416 g/mol. The van der Waals surface area contributed by atoms with Crippen LogP contribution in [0.1, 0.15) is 20.1 Å². The number of nitrogens with two attached hydrogens (primary N) is 1. The highest BCUT2D eigenvalue weighted by Gasteiger charge is 2.51. The summed E-state index contributed by atoms with van der Waals surface area (Å²) >= 11 is 0. The van der Waals surface area contributed by atoms with Gasteiger partial charge in [-0.3, -0.25) is 20.0 Å². The lowest BCUT2D eigenvalue weighted by Crippen LogP contribution is -2.44. The smallest absolute Gasteiger partial charge is 0.351 e. The minimum Gasteiger partial charge on any atom is -0.462 e. The van der Waals surface area contributed by atoms with Gasteiger partial charge in [0.1, 0.15) is 18.8 Å². The van der Waals surface area contributed by atoms with Crippen LogP contribution in [0.5, 0.6) is 0 Å². The maximum atomic E-state index is 12.4. The summed E-state index contributed by atoms with van der Waals surface area (Å²) in [6, 6.07) is 0.393. The number of rotatable bonds is 6. The number of fused-ring (bicyclic) bond motifs is 1. The molecule has 13 nitrogen and oxygen atoms in total. The Labute approximate surface area is 175 Å². The topological polar surface area (TPSA) is 181 Å². The van der Waals surface area contributed by atoms with Gasteiger partial charge in [-0.15, -0.1) is 0 Å². The second kappa shape index (κ2) is 9.24. The van der Waals surface area contributed by atoms with Crippen molar-refractivity contribution in [3.05, 3.63) is 34.9 Å². The van der Waals surface area contributed by atoms with Crippen LogP contribution in [0.3, 0.4) is 0 Å². The van der Waals surface area contributed by atoms with Gasteiger partial charge >= 0.3 is 23.6 Å². The summed E-state index contributed by atoms with van der Waals surface area (Å²) in [4.78, 5) is 52.0. The van der Waals surface area contributed by atoms with Gasteiger partial charge in [-0.2, -0.15) is 4.98 Å². The van der Waals surface area contributed by atoms with Crippen LogP contribution >= 0.6 is 0 Å². The van der Waals surface area contributed by atoms with E-state index >= 15 is 0 Å². The number of hydrogen-bond acceptors (Lipinski definition) is 12. The van der Waals surface area contributed by atoms with Crippen molar-refractivity contribution < 1.29 is 38.5 Å². The first-order chi connectivity index (χ1) is 14.7. The number of carbonyl (C=O) groups excluding carboxylic acids is 3. The van der Waals surface area contributed by atoms with Crippen molar-refractivity contribution in [2.75, 3.05) is 12.1 Å². The van der Waals surface area contributed by atoms with Crippen molar-refractivity contribution >= 4 is 23.7 Å². The number of carbonyl (C=O) groups is 3.